The molecule has 0 unspecified atom stereocenters. The molecule has 1 saturated carbocycles. The Bertz CT molecular complexity index is 1310. The van der Waals surface area contributed by atoms with Crippen molar-refractivity contribution in [2.45, 2.75) is 57.9 Å². The van der Waals surface area contributed by atoms with Gasteiger partial charge in [0.15, 0.2) is 0 Å². The predicted molar refractivity (Wildman–Crippen MR) is 158 cm³/mol. The second kappa shape index (κ2) is 12.8. The number of amides is 1. The highest BCUT2D eigenvalue weighted by atomic mass is 35.5. The number of hydrogen-bond acceptors (Lipinski definition) is 5. The van der Waals surface area contributed by atoms with Gasteiger partial charge in [0.25, 0.3) is 0 Å². The molecular weight excluding hydrogens is 526 g/mol. The van der Waals surface area contributed by atoms with Gasteiger partial charge in [-0.05, 0) is 91.1 Å². The Balaban J connectivity index is 1.08. The number of rotatable bonds is 8. The van der Waals surface area contributed by atoms with Crippen LogP contribution in [0, 0.1) is 15.5 Å². The van der Waals surface area contributed by atoms with Gasteiger partial charge in [0.05, 0.1) is 4.92 Å². The molecule has 40 heavy (non-hydrogen) atoms. The van der Waals surface area contributed by atoms with Crippen LogP contribution in [0.5, 0.6) is 5.75 Å². The summed E-state index contributed by atoms with van der Waals surface area (Å²) in [6.45, 7) is 3.73. The van der Waals surface area contributed by atoms with E-state index in [2.05, 4.69) is 34.5 Å². The molecule has 2 aliphatic rings. The molecule has 5 rings (SSSR count). The minimum absolute atomic E-state index is 0.100. The molecule has 1 aliphatic heterocycles. The van der Waals surface area contributed by atoms with E-state index >= 15 is 0 Å². The number of likely N-dealkylation sites (tertiary alicyclic amines) is 1. The van der Waals surface area contributed by atoms with Crippen LogP contribution in [0.4, 0.5) is 10.5 Å². The number of halogens is 1. The van der Waals surface area contributed by atoms with E-state index in [1.807, 2.05) is 0 Å². The third-order valence-corrected chi connectivity index (χ3v) is 8.73. The van der Waals surface area contributed by atoms with E-state index in [-0.39, 0.29) is 11.4 Å². The second-order valence-electron chi connectivity index (χ2n) is 11.2. The van der Waals surface area contributed by atoms with Gasteiger partial charge in [0.1, 0.15) is 0 Å². The zero-order valence-electron chi connectivity index (χ0n) is 22.7. The Morgan fingerprint density at radius 1 is 0.900 bits per heavy atom. The van der Waals surface area contributed by atoms with Crippen LogP contribution in [0.2, 0.25) is 5.02 Å². The summed E-state index contributed by atoms with van der Waals surface area (Å²) >= 11 is 5.93. The summed E-state index contributed by atoms with van der Waals surface area (Å²) < 4.78 is 5.28. The highest BCUT2D eigenvalue weighted by Crippen LogP contribution is 2.44. The van der Waals surface area contributed by atoms with Gasteiger partial charge in [-0.15, -0.1) is 0 Å². The average Bonchev–Trinajstić information content (AvgIpc) is 2.96. The highest BCUT2D eigenvalue weighted by molar-refractivity contribution is 6.30. The number of hydrogen-bond donors (Lipinski definition) is 1. The smallest absolute Gasteiger partial charge is 0.403 e. The van der Waals surface area contributed by atoms with Crippen molar-refractivity contribution in [3.05, 3.63) is 93.0 Å². The van der Waals surface area contributed by atoms with Gasteiger partial charge in [0, 0.05) is 24.2 Å². The summed E-state index contributed by atoms with van der Waals surface area (Å²) in [5.41, 5.74) is 4.18. The molecule has 3 aromatic rings. The van der Waals surface area contributed by atoms with Crippen molar-refractivity contribution in [1.29, 1.82) is 0 Å². The van der Waals surface area contributed by atoms with E-state index in [9.17, 15) is 14.9 Å². The lowest BCUT2D eigenvalue weighted by atomic mass is 9.68. The van der Waals surface area contributed by atoms with Crippen LogP contribution in [0.25, 0.3) is 11.1 Å². The Kier molecular flexibility index (Phi) is 9.02. The first-order chi connectivity index (χ1) is 19.4. The molecule has 3 aromatic carbocycles. The van der Waals surface area contributed by atoms with Gasteiger partial charge in [-0.25, -0.2) is 4.79 Å². The molecule has 1 amide bonds. The van der Waals surface area contributed by atoms with Crippen molar-refractivity contribution in [3.8, 4) is 16.9 Å². The fourth-order valence-electron chi connectivity index (χ4n) is 6.07. The van der Waals surface area contributed by atoms with E-state index in [4.69, 9.17) is 16.3 Å². The van der Waals surface area contributed by atoms with Crippen LogP contribution in [-0.4, -0.2) is 35.6 Å². The Morgan fingerprint density at radius 3 is 2.23 bits per heavy atom. The molecule has 7 nitrogen and oxygen atoms in total. The number of piperidine rings is 1. The standard InChI is InChI=1S/C32H36ClN3O4/c33-28-11-8-26(9-12-28)27-10-13-30(29(22-27)36(38)39)40-31(37)34-19-14-24-4-6-25(7-5-24)23-35-20-17-32(18-21-35)15-2-1-3-16-32/h4-13,22H,1-3,14-21,23H2,(H,34,37). The van der Waals surface area contributed by atoms with E-state index in [0.717, 1.165) is 17.7 Å². The van der Waals surface area contributed by atoms with Crippen molar-refractivity contribution in [2.24, 2.45) is 5.41 Å². The van der Waals surface area contributed by atoms with Crippen LogP contribution in [0.15, 0.2) is 66.7 Å². The molecule has 2 fully saturated rings. The summed E-state index contributed by atoms with van der Waals surface area (Å²) in [6, 6.07) is 20.1. The number of nitro benzene ring substituents is 1. The minimum atomic E-state index is -0.722. The molecule has 0 bridgehead atoms. The van der Waals surface area contributed by atoms with Gasteiger partial charge >= 0.3 is 11.8 Å². The second-order valence-corrected chi connectivity index (χ2v) is 11.6. The fourth-order valence-corrected chi connectivity index (χ4v) is 6.20. The van der Waals surface area contributed by atoms with E-state index in [1.54, 1.807) is 30.3 Å². The maximum absolute atomic E-state index is 12.4. The number of carbonyl (C=O) groups is 1. The first-order valence-electron chi connectivity index (χ1n) is 14.2. The number of nitrogens with one attached hydrogen (secondary N) is 1. The topological polar surface area (TPSA) is 84.7 Å². The molecule has 1 aliphatic carbocycles. The van der Waals surface area contributed by atoms with Gasteiger partial charge in [-0.3, -0.25) is 15.0 Å². The molecule has 0 aromatic heterocycles. The summed E-state index contributed by atoms with van der Waals surface area (Å²) in [4.78, 5) is 26.0. The number of ether oxygens (including phenoxy) is 1. The summed E-state index contributed by atoms with van der Waals surface area (Å²) in [6.07, 6.45) is 9.66. The van der Waals surface area contributed by atoms with E-state index in [0.29, 0.717) is 29.0 Å². The number of carbonyl (C=O) groups excluding carboxylic acids is 1. The van der Waals surface area contributed by atoms with Crippen LogP contribution in [-0.2, 0) is 13.0 Å². The molecule has 1 N–H and O–H groups in total. The monoisotopic (exact) mass is 561 g/mol. The maximum atomic E-state index is 12.4. The summed E-state index contributed by atoms with van der Waals surface area (Å²) in [7, 11) is 0. The van der Waals surface area contributed by atoms with Crippen LogP contribution < -0.4 is 10.1 Å². The molecule has 1 spiro atoms. The maximum Gasteiger partial charge on any atom is 0.412 e. The molecule has 1 heterocycles. The first-order valence-corrected chi connectivity index (χ1v) is 14.6. The molecule has 8 heteroatoms. The van der Waals surface area contributed by atoms with Gasteiger partial charge in [0.2, 0.25) is 5.75 Å². The molecule has 1 saturated heterocycles. The van der Waals surface area contributed by atoms with Crippen LogP contribution >= 0.6 is 11.6 Å². The third-order valence-electron chi connectivity index (χ3n) is 8.48. The number of benzene rings is 3. The number of nitrogens with zero attached hydrogens (tertiary/aromatic N) is 2. The van der Waals surface area contributed by atoms with Crippen molar-refractivity contribution < 1.29 is 14.5 Å². The van der Waals surface area contributed by atoms with Crippen molar-refractivity contribution in [2.75, 3.05) is 19.6 Å². The van der Waals surface area contributed by atoms with Gasteiger partial charge < -0.3 is 10.1 Å². The predicted octanol–water partition coefficient (Wildman–Crippen LogP) is 7.79. The van der Waals surface area contributed by atoms with E-state index < -0.39 is 11.0 Å². The minimum Gasteiger partial charge on any atom is -0.403 e. The Labute approximate surface area is 240 Å². The van der Waals surface area contributed by atoms with Gasteiger partial charge in [-0.1, -0.05) is 73.3 Å². The lowest BCUT2D eigenvalue weighted by Crippen LogP contribution is -2.40. The summed E-state index contributed by atoms with van der Waals surface area (Å²) in [5, 5.41) is 14.9. The van der Waals surface area contributed by atoms with Crippen molar-refractivity contribution >= 4 is 23.4 Å². The van der Waals surface area contributed by atoms with Crippen LogP contribution in [0.3, 0.4) is 0 Å². The number of nitro groups is 1. The quantitative estimate of drug-likeness (QED) is 0.224. The van der Waals surface area contributed by atoms with Crippen LogP contribution in [0.1, 0.15) is 56.1 Å². The Hall–Kier alpha value is -3.42. The molecular formula is C32H36ClN3O4. The highest BCUT2D eigenvalue weighted by Gasteiger charge is 2.35. The van der Waals surface area contributed by atoms with Gasteiger partial charge in [-0.2, -0.15) is 0 Å². The van der Waals surface area contributed by atoms with Crippen molar-refractivity contribution in [3.63, 3.8) is 0 Å². The third kappa shape index (κ3) is 7.20. The lowest BCUT2D eigenvalue weighted by molar-refractivity contribution is -0.385. The zero-order valence-corrected chi connectivity index (χ0v) is 23.5. The Morgan fingerprint density at radius 2 is 1.55 bits per heavy atom. The largest absolute Gasteiger partial charge is 0.412 e. The molecule has 0 atom stereocenters. The SMILES string of the molecule is O=C(NCCc1ccc(CN2CCC3(CCCCC3)CC2)cc1)Oc1ccc(-c2ccc(Cl)cc2)cc1[N+](=O)[O-]. The van der Waals surface area contributed by atoms with Crippen molar-refractivity contribution in [1.82, 2.24) is 10.2 Å². The lowest BCUT2D eigenvalue weighted by Gasteiger charge is -2.44. The zero-order chi connectivity index (χ0) is 28.0. The fraction of sp³-hybridized carbons (Fsp3) is 0.406. The molecule has 0 radical (unpaired) electrons. The molecule has 210 valence electrons. The summed E-state index contributed by atoms with van der Waals surface area (Å²) in [5.74, 6) is -0.100. The van der Waals surface area contributed by atoms with E-state index in [1.165, 1.54) is 75.7 Å². The first kappa shape index (κ1) is 28.1. The normalized spacial score (nSPS) is 16.9. The average molecular weight is 562 g/mol.